The molecule has 0 fully saturated rings. The van der Waals surface area contributed by atoms with Crippen LogP contribution in [0.3, 0.4) is 0 Å². The third-order valence-electron chi connectivity index (χ3n) is 2.15. The molecule has 0 radical (unpaired) electrons. The Labute approximate surface area is 133 Å². The van der Waals surface area contributed by atoms with Gasteiger partial charge >= 0.3 is 0 Å². The average Bonchev–Trinajstić information content (AvgIpc) is 2.36. The maximum atomic E-state index is 12.1. The van der Waals surface area contributed by atoms with E-state index in [1.165, 1.54) is 18.3 Å². The summed E-state index contributed by atoms with van der Waals surface area (Å²) in [6, 6.07) is 2.45. The Morgan fingerprint density at radius 3 is 2.50 bits per heavy atom. The zero-order valence-corrected chi connectivity index (χ0v) is 13.4. The lowest BCUT2D eigenvalue weighted by molar-refractivity contribution is 0.475. The number of hydrogen-bond acceptors (Lipinski definition) is 5. The smallest absolute Gasteiger partial charge is 0.264 e. The Morgan fingerprint density at radius 2 is 1.90 bits per heavy atom. The molecule has 106 valence electrons. The van der Waals surface area contributed by atoms with E-state index in [4.69, 9.17) is 23.2 Å². The highest BCUT2D eigenvalue weighted by atomic mass is 79.9. The van der Waals surface area contributed by atoms with Gasteiger partial charge in [-0.15, -0.1) is 0 Å². The molecular formula is C10H6BrCl2N3O3S. The summed E-state index contributed by atoms with van der Waals surface area (Å²) in [5.41, 5.74) is 0. The van der Waals surface area contributed by atoms with Crippen molar-refractivity contribution >= 4 is 55.0 Å². The molecule has 2 heterocycles. The highest BCUT2D eigenvalue weighted by Gasteiger charge is 2.19. The largest absolute Gasteiger partial charge is 0.504 e. The summed E-state index contributed by atoms with van der Waals surface area (Å²) in [5, 5.41) is 9.90. The van der Waals surface area contributed by atoms with Gasteiger partial charge in [-0.2, -0.15) is 0 Å². The molecule has 0 aliphatic rings. The van der Waals surface area contributed by atoms with Crippen LogP contribution in [0.1, 0.15) is 0 Å². The Morgan fingerprint density at radius 1 is 1.20 bits per heavy atom. The molecule has 2 rings (SSSR count). The number of halogens is 3. The minimum Gasteiger partial charge on any atom is -0.504 e. The number of rotatable bonds is 3. The van der Waals surface area contributed by atoms with Gasteiger partial charge in [0.15, 0.2) is 11.6 Å². The predicted octanol–water partition coefficient (Wildman–Crippen LogP) is 3.05. The zero-order valence-electron chi connectivity index (χ0n) is 9.51. The van der Waals surface area contributed by atoms with E-state index in [2.05, 4.69) is 30.6 Å². The summed E-state index contributed by atoms with van der Waals surface area (Å²) in [4.78, 5) is 7.28. The third-order valence-corrected chi connectivity index (χ3v) is 4.79. The number of aromatic hydroxyl groups is 1. The molecule has 2 aromatic heterocycles. The molecule has 0 saturated heterocycles. The van der Waals surface area contributed by atoms with Crippen LogP contribution in [0.25, 0.3) is 0 Å². The average molecular weight is 399 g/mol. The molecule has 0 spiro atoms. The summed E-state index contributed by atoms with van der Waals surface area (Å²) >= 11 is 14.4. The van der Waals surface area contributed by atoms with E-state index in [1.54, 1.807) is 0 Å². The molecule has 6 nitrogen and oxygen atoms in total. The third kappa shape index (κ3) is 3.32. The quantitative estimate of drug-likeness (QED) is 0.775. The normalized spacial score (nSPS) is 11.3. The molecule has 20 heavy (non-hydrogen) atoms. The van der Waals surface area contributed by atoms with Crippen molar-refractivity contribution in [3.63, 3.8) is 0 Å². The number of hydrogen-bond donors (Lipinski definition) is 2. The topological polar surface area (TPSA) is 92.2 Å². The molecule has 0 bridgehead atoms. The van der Waals surface area contributed by atoms with Gasteiger partial charge in [0.1, 0.15) is 10.0 Å². The van der Waals surface area contributed by atoms with Crippen LogP contribution in [0.4, 0.5) is 5.82 Å². The summed E-state index contributed by atoms with van der Waals surface area (Å²) < 4.78 is 26.7. The van der Waals surface area contributed by atoms with E-state index in [0.29, 0.717) is 4.47 Å². The summed E-state index contributed by atoms with van der Waals surface area (Å²) in [6.07, 6.45) is 2.29. The molecule has 0 unspecified atom stereocenters. The van der Waals surface area contributed by atoms with Crippen molar-refractivity contribution in [2.45, 2.75) is 4.90 Å². The maximum absolute atomic E-state index is 12.1. The fourth-order valence-electron chi connectivity index (χ4n) is 1.24. The van der Waals surface area contributed by atoms with Crippen LogP contribution < -0.4 is 4.72 Å². The number of nitrogens with one attached hydrogen (secondary N) is 1. The number of nitrogens with zero attached hydrogens (tertiary/aromatic N) is 2. The van der Waals surface area contributed by atoms with Crippen molar-refractivity contribution in [3.05, 3.63) is 39.2 Å². The standard InChI is InChI=1S/C10H6BrCl2N3O3S/c11-7-2-6(4-14-9(7)13)20(18,19)16-10-8(17)1-5(12)3-15-10/h1-4,17H,(H,15,16). The zero-order chi connectivity index (χ0) is 14.9. The van der Waals surface area contributed by atoms with Crippen molar-refractivity contribution < 1.29 is 13.5 Å². The fraction of sp³-hybridized carbons (Fsp3) is 0. The van der Waals surface area contributed by atoms with Gasteiger partial charge in [-0.25, -0.2) is 18.4 Å². The Hall–Kier alpha value is -1.09. The van der Waals surface area contributed by atoms with Gasteiger partial charge in [0.05, 0.1) is 9.50 Å². The van der Waals surface area contributed by atoms with E-state index in [0.717, 1.165) is 6.20 Å². The first kappa shape index (κ1) is 15.3. The van der Waals surface area contributed by atoms with Crippen LogP contribution in [0.2, 0.25) is 10.2 Å². The lowest BCUT2D eigenvalue weighted by atomic mass is 10.4. The van der Waals surface area contributed by atoms with Crippen LogP contribution in [0, 0.1) is 0 Å². The van der Waals surface area contributed by atoms with Crippen molar-refractivity contribution in [1.29, 1.82) is 0 Å². The van der Waals surface area contributed by atoms with Crippen molar-refractivity contribution in [1.82, 2.24) is 9.97 Å². The predicted molar refractivity (Wildman–Crippen MR) is 78.7 cm³/mol. The van der Waals surface area contributed by atoms with Gasteiger partial charge in [0, 0.05) is 18.5 Å². The number of anilines is 1. The first-order chi connectivity index (χ1) is 9.29. The fourth-order valence-corrected chi connectivity index (χ4v) is 2.99. The second kappa shape index (κ2) is 5.72. The second-order valence-corrected chi connectivity index (χ2v) is 6.90. The minimum absolute atomic E-state index is 0.134. The molecule has 0 aliphatic carbocycles. The highest BCUT2D eigenvalue weighted by Crippen LogP contribution is 2.27. The lowest BCUT2D eigenvalue weighted by Crippen LogP contribution is -2.14. The van der Waals surface area contributed by atoms with Gasteiger partial charge in [0.2, 0.25) is 0 Å². The van der Waals surface area contributed by atoms with Crippen LogP contribution in [-0.4, -0.2) is 23.5 Å². The van der Waals surface area contributed by atoms with Gasteiger partial charge in [-0.3, -0.25) is 4.72 Å². The van der Waals surface area contributed by atoms with Crippen molar-refractivity contribution in [3.8, 4) is 5.75 Å². The first-order valence-corrected chi connectivity index (χ1v) is 8.01. The molecule has 0 saturated carbocycles. The minimum atomic E-state index is -3.95. The number of pyridine rings is 2. The molecule has 0 amide bonds. The van der Waals surface area contributed by atoms with Gasteiger partial charge < -0.3 is 5.11 Å². The molecule has 0 aliphatic heterocycles. The van der Waals surface area contributed by atoms with Crippen LogP contribution in [-0.2, 0) is 10.0 Å². The Bertz CT molecular complexity index is 770. The van der Waals surface area contributed by atoms with Crippen molar-refractivity contribution in [2.75, 3.05) is 4.72 Å². The van der Waals surface area contributed by atoms with Gasteiger partial charge in [-0.1, -0.05) is 23.2 Å². The van der Waals surface area contributed by atoms with E-state index < -0.39 is 10.0 Å². The monoisotopic (exact) mass is 397 g/mol. The molecule has 2 aromatic rings. The second-order valence-electron chi connectivity index (χ2n) is 3.57. The maximum Gasteiger partial charge on any atom is 0.264 e. The molecular weight excluding hydrogens is 393 g/mol. The summed E-state index contributed by atoms with van der Waals surface area (Å²) in [5.74, 6) is -0.623. The highest BCUT2D eigenvalue weighted by molar-refractivity contribution is 9.10. The number of aromatic nitrogens is 2. The van der Waals surface area contributed by atoms with Gasteiger partial charge in [0.25, 0.3) is 10.0 Å². The molecule has 10 heteroatoms. The van der Waals surface area contributed by atoms with Gasteiger partial charge in [-0.05, 0) is 22.0 Å². The number of sulfonamides is 1. The first-order valence-electron chi connectivity index (χ1n) is 4.98. The van der Waals surface area contributed by atoms with E-state index >= 15 is 0 Å². The summed E-state index contributed by atoms with van der Waals surface area (Å²) in [6.45, 7) is 0. The van der Waals surface area contributed by atoms with Crippen LogP contribution in [0.5, 0.6) is 5.75 Å². The van der Waals surface area contributed by atoms with Crippen LogP contribution >= 0.6 is 39.1 Å². The molecule has 2 N–H and O–H groups in total. The molecule has 0 aromatic carbocycles. The SMILES string of the molecule is O=S(=O)(Nc1ncc(Cl)cc1O)c1cnc(Cl)c(Br)c1. The van der Waals surface area contributed by atoms with E-state index in [1.807, 2.05) is 0 Å². The van der Waals surface area contributed by atoms with Crippen molar-refractivity contribution in [2.24, 2.45) is 0 Å². The van der Waals surface area contributed by atoms with E-state index in [-0.39, 0.29) is 26.6 Å². The van der Waals surface area contributed by atoms with Crippen LogP contribution in [0.15, 0.2) is 33.9 Å². The Kier molecular flexibility index (Phi) is 4.38. The lowest BCUT2D eigenvalue weighted by Gasteiger charge is -2.09. The summed E-state index contributed by atoms with van der Waals surface area (Å²) in [7, 11) is -3.95. The van der Waals surface area contributed by atoms with E-state index in [9.17, 15) is 13.5 Å². The molecule has 0 atom stereocenters. The Balaban J connectivity index is 2.38.